The summed E-state index contributed by atoms with van der Waals surface area (Å²) in [5.41, 5.74) is 5.86. The molecule has 0 fully saturated rings. The van der Waals surface area contributed by atoms with Crippen LogP contribution in [0, 0.1) is 18.2 Å². The molecule has 0 aliphatic carbocycles. The van der Waals surface area contributed by atoms with Crippen LogP contribution in [0.15, 0.2) is 61.1 Å². The smallest absolute Gasteiger partial charge is 0.150 e. The van der Waals surface area contributed by atoms with Crippen LogP contribution >= 0.6 is 0 Å². The Hall–Kier alpha value is -4.04. The van der Waals surface area contributed by atoms with Crippen LogP contribution in [0.3, 0.4) is 0 Å². The Labute approximate surface area is 224 Å². The number of carbonyl (C=O) groups is 1. The molecular formula is C30H36FN5O2. The molecule has 1 heterocycles. The topological polar surface area (TPSA) is 72.8 Å². The van der Waals surface area contributed by atoms with E-state index < -0.39 is 0 Å². The molecule has 38 heavy (non-hydrogen) atoms. The first kappa shape index (κ1) is 28.5. The lowest BCUT2D eigenvalue weighted by molar-refractivity contribution is 0.112. The largest absolute Gasteiger partial charge is 0.497 e. The molecule has 8 heteroatoms. The van der Waals surface area contributed by atoms with E-state index >= 15 is 0 Å². The molecule has 2 aromatic carbocycles. The highest BCUT2D eigenvalue weighted by atomic mass is 19.1. The molecule has 0 saturated carbocycles. The lowest BCUT2D eigenvalue weighted by Gasteiger charge is -2.22. The highest BCUT2D eigenvalue weighted by molar-refractivity contribution is 5.84. The predicted molar refractivity (Wildman–Crippen MR) is 150 cm³/mol. The number of hydrogen-bond donors (Lipinski definition) is 1. The predicted octanol–water partition coefficient (Wildman–Crippen LogP) is 5.13. The van der Waals surface area contributed by atoms with E-state index in [2.05, 4.69) is 9.88 Å². The Bertz CT molecular complexity index is 1290. The Morgan fingerprint density at radius 2 is 1.82 bits per heavy atom. The van der Waals surface area contributed by atoms with Gasteiger partial charge in [-0.25, -0.2) is 4.39 Å². The number of likely N-dealkylation sites (N-methyl/N-ethyl adjacent to an activating group) is 1. The first-order chi connectivity index (χ1) is 18.2. The Morgan fingerprint density at radius 1 is 1.03 bits per heavy atom. The lowest BCUT2D eigenvalue weighted by Crippen LogP contribution is -2.22. The highest BCUT2D eigenvalue weighted by Gasteiger charge is 2.16. The molecule has 200 valence electrons. The van der Waals surface area contributed by atoms with Crippen molar-refractivity contribution in [2.75, 3.05) is 34.8 Å². The summed E-state index contributed by atoms with van der Waals surface area (Å²) in [7, 11) is 7.47. The Kier molecular flexibility index (Phi) is 10.1. The van der Waals surface area contributed by atoms with Crippen molar-refractivity contribution < 1.29 is 13.9 Å². The monoisotopic (exact) mass is 517 g/mol. The summed E-state index contributed by atoms with van der Waals surface area (Å²) in [5, 5.41) is 7.80. The number of ether oxygens (including phenoxy) is 1. The number of aldehydes is 1. The molecule has 0 radical (unpaired) electrons. The molecule has 3 rings (SSSR count). The van der Waals surface area contributed by atoms with Gasteiger partial charge in [-0.2, -0.15) is 0 Å². The first-order valence-electron chi connectivity index (χ1n) is 12.4. The van der Waals surface area contributed by atoms with E-state index in [0.29, 0.717) is 31.6 Å². The number of nitrogens with one attached hydrogen (secondary N) is 1. The van der Waals surface area contributed by atoms with Gasteiger partial charge < -0.3 is 19.4 Å². The van der Waals surface area contributed by atoms with Crippen molar-refractivity contribution in [2.45, 2.75) is 26.4 Å². The zero-order chi connectivity index (χ0) is 27.7. The second kappa shape index (κ2) is 13.5. The summed E-state index contributed by atoms with van der Waals surface area (Å²) in [6.07, 6.45) is 8.15. The minimum atomic E-state index is -0.297. The van der Waals surface area contributed by atoms with Gasteiger partial charge in [0.2, 0.25) is 0 Å². The molecule has 7 nitrogen and oxygen atoms in total. The van der Waals surface area contributed by atoms with Crippen molar-refractivity contribution in [3.05, 3.63) is 94.8 Å². The number of carbonyl (C=O) groups excluding carboxylic acids is 1. The van der Waals surface area contributed by atoms with Gasteiger partial charge >= 0.3 is 0 Å². The third kappa shape index (κ3) is 7.73. The van der Waals surface area contributed by atoms with Gasteiger partial charge in [-0.1, -0.05) is 6.07 Å². The number of hydrogen-bond acceptors (Lipinski definition) is 6. The van der Waals surface area contributed by atoms with Crippen molar-refractivity contribution in [1.82, 2.24) is 19.7 Å². The minimum absolute atomic E-state index is 0.297. The number of nitrogens with zero attached hydrogens (tertiary/aromatic N) is 4. The molecule has 0 spiro atoms. The van der Waals surface area contributed by atoms with Crippen LogP contribution in [0.4, 0.5) is 4.39 Å². The quantitative estimate of drug-likeness (QED) is 0.192. The van der Waals surface area contributed by atoms with Gasteiger partial charge in [-0.3, -0.25) is 15.2 Å². The molecule has 0 aliphatic heterocycles. The Balaban J connectivity index is 1.95. The second-order valence-corrected chi connectivity index (χ2v) is 9.53. The van der Waals surface area contributed by atoms with Gasteiger partial charge in [0.15, 0.2) is 0 Å². The van der Waals surface area contributed by atoms with E-state index in [1.807, 2.05) is 69.6 Å². The zero-order valence-corrected chi connectivity index (χ0v) is 22.7. The fourth-order valence-electron chi connectivity index (χ4n) is 4.30. The number of pyridine rings is 1. The van der Waals surface area contributed by atoms with E-state index in [1.54, 1.807) is 24.3 Å². The van der Waals surface area contributed by atoms with E-state index in [0.717, 1.165) is 45.5 Å². The van der Waals surface area contributed by atoms with Crippen LogP contribution < -0.4 is 4.74 Å². The van der Waals surface area contributed by atoms with Crippen molar-refractivity contribution in [3.8, 4) is 16.9 Å². The number of rotatable bonds is 13. The molecule has 0 aliphatic rings. The maximum absolute atomic E-state index is 14.0. The van der Waals surface area contributed by atoms with Crippen LogP contribution in [0.5, 0.6) is 5.75 Å². The maximum atomic E-state index is 14.0. The molecule has 1 N–H and O–H groups in total. The third-order valence-corrected chi connectivity index (χ3v) is 6.24. The minimum Gasteiger partial charge on any atom is -0.497 e. The van der Waals surface area contributed by atoms with Gasteiger partial charge in [-0.15, -0.1) is 0 Å². The van der Waals surface area contributed by atoms with Crippen molar-refractivity contribution in [1.29, 1.82) is 5.41 Å². The number of aryl methyl sites for hydroxylation is 1. The number of halogens is 1. The molecule has 0 amide bonds. The maximum Gasteiger partial charge on any atom is 0.150 e. The van der Waals surface area contributed by atoms with Crippen molar-refractivity contribution in [2.24, 2.45) is 0 Å². The van der Waals surface area contributed by atoms with Gasteiger partial charge in [-0.05, 0) is 78.5 Å². The summed E-state index contributed by atoms with van der Waals surface area (Å²) in [6.45, 7) is 3.61. The molecular weight excluding hydrogens is 481 g/mol. The summed E-state index contributed by atoms with van der Waals surface area (Å²) in [4.78, 5) is 22.5. The van der Waals surface area contributed by atoms with Crippen molar-refractivity contribution in [3.63, 3.8) is 0 Å². The fourth-order valence-corrected chi connectivity index (χ4v) is 4.30. The lowest BCUT2D eigenvalue weighted by atomic mass is 9.89. The van der Waals surface area contributed by atoms with Crippen molar-refractivity contribution >= 4 is 12.6 Å². The standard InChI is InChI=1S/C30H36FN5O2/c1-22-14-25(31)6-7-28(22)30-16-23(18-36(21-32)13-12-34(2)3)15-24(20-37)29(30)9-11-35(4)19-26-17-27(38-5)8-10-33-26/h6-8,10,12-17,20-21,32H,9,11,18-19H2,1-5H3/b13-12-,32-21?. The Morgan fingerprint density at radius 3 is 2.47 bits per heavy atom. The second-order valence-electron chi connectivity index (χ2n) is 9.53. The van der Waals surface area contributed by atoms with Crippen LogP contribution in [-0.2, 0) is 19.5 Å². The molecule has 1 aromatic heterocycles. The summed E-state index contributed by atoms with van der Waals surface area (Å²) < 4.78 is 19.3. The first-order valence-corrected chi connectivity index (χ1v) is 12.4. The number of methoxy groups -OCH3 is 1. The van der Waals surface area contributed by atoms with Gasteiger partial charge in [0, 0.05) is 64.0 Å². The molecule has 0 saturated heterocycles. The number of aromatic nitrogens is 1. The summed E-state index contributed by atoms with van der Waals surface area (Å²) in [5.74, 6) is 0.463. The SMILES string of the molecule is COc1ccnc(CN(C)CCc2c(C=O)cc(CN(C=N)/C=C\N(C)C)cc2-c2ccc(F)cc2C)c1. The van der Waals surface area contributed by atoms with Crippen LogP contribution in [0.1, 0.15) is 32.7 Å². The zero-order valence-electron chi connectivity index (χ0n) is 22.7. The summed E-state index contributed by atoms with van der Waals surface area (Å²) in [6, 6.07) is 12.4. The number of benzene rings is 2. The van der Waals surface area contributed by atoms with E-state index in [9.17, 15) is 9.18 Å². The van der Waals surface area contributed by atoms with Crippen LogP contribution in [0.2, 0.25) is 0 Å². The van der Waals surface area contributed by atoms with Crippen LogP contribution in [-0.4, -0.2) is 67.1 Å². The van der Waals surface area contributed by atoms with E-state index in [1.165, 1.54) is 18.5 Å². The van der Waals surface area contributed by atoms with E-state index in [4.69, 9.17) is 10.1 Å². The molecule has 3 aromatic rings. The molecule has 0 atom stereocenters. The van der Waals surface area contributed by atoms with Gasteiger partial charge in [0.05, 0.1) is 19.1 Å². The third-order valence-electron chi connectivity index (χ3n) is 6.24. The fraction of sp³-hybridized carbons (Fsp3) is 0.300. The van der Waals surface area contributed by atoms with E-state index in [-0.39, 0.29) is 5.82 Å². The average molecular weight is 518 g/mol. The normalized spacial score (nSPS) is 11.1. The van der Waals surface area contributed by atoms with Crippen LogP contribution in [0.25, 0.3) is 11.1 Å². The molecule has 0 unspecified atom stereocenters. The van der Waals surface area contributed by atoms with Gasteiger partial charge in [0.25, 0.3) is 0 Å². The molecule has 0 bridgehead atoms. The average Bonchev–Trinajstić information content (AvgIpc) is 2.89. The highest BCUT2D eigenvalue weighted by Crippen LogP contribution is 2.32. The van der Waals surface area contributed by atoms with Gasteiger partial charge in [0.1, 0.15) is 17.9 Å². The summed E-state index contributed by atoms with van der Waals surface area (Å²) >= 11 is 0.